The summed E-state index contributed by atoms with van der Waals surface area (Å²) in [6.45, 7) is 2.00. The Balaban J connectivity index is 2.19. The first kappa shape index (κ1) is 13.7. The van der Waals surface area contributed by atoms with Crippen molar-refractivity contribution < 1.29 is 0 Å². The van der Waals surface area contributed by atoms with Crippen LogP contribution in [0.4, 0.5) is 5.82 Å². The predicted octanol–water partition coefficient (Wildman–Crippen LogP) is 4.43. The van der Waals surface area contributed by atoms with Crippen molar-refractivity contribution in [2.45, 2.75) is 13.0 Å². The van der Waals surface area contributed by atoms with Crippen molar-refractivity contribution in [3.05, 3.63) is 57.7 Å². The molecule has 1 N–H and O–H groups in total. The summed E-state index contributed by atoms with van der Waals surface area (Å²) in [5.41, 5.74) is 1.55. The third-order valence-corrected chi connectivity index (χ3v) is 3.10. The van der Waals surface area contributed by atoms with E-state index in [-0.39, 0.29) is 6.04 Å². The van der Waals surface area contributed by atoms with E-state index < -0.39 is 0 Å². The van der Waals surface area contributed by atoms with Gasteiger partial charge in [0.15, 0.2) is 0 Å². The van der Waals surface area contributed by atoms with Crippen LogP contribution in [0.15, 0.2) is 36.4 Å². The molecule has 3 nitrogen and oxygen atoms in total. The molecule has 0 spiro atoms. The third-order valence-electron chi connectivity index (χ3n) is 2.66. The lowest BCUT2D eigenvalue weighted by Crippen LogP contribution is -2.08. The summed E-state index contributed by atoms with van der Waals surface area (Å²) in [7, 11) is 0. The summed E-state index contributed by atoms with van der Waals surface area (Å²) in [4.78, 5) is 4.14. The highest BCUT2D eigenvalue weighted by atomic mass is 35.5. The highest BCUT2D eigenvalue weighted by Crippen LogP contribution is 2.21. The summed E-state index contributed by atoms with van der Waals surface area (Å²) in [6.07, 6.45) is 0. The van der Waals surface area contributed by atoms with Gasteiger partial charge in [0.25, 0.3) is 0 Å². The van der Waals surface area contributed by atoms with Gasteiger partial charge in [0.1, 0.15) is 11.0 Å². The van der Waals surface area contributed by atoms with Crippen molar-refractivity contribution >= 4 is 29.0 Å². The molecule has 0 bridgehead atoms. The van der Waals surface area contributed by atoms with Crippen molar-refractivity contribution in [2.75, 3.05) is 5.32 Å². The second kappa shape index (κ2) is 5.92. The van der Waals surface area contributed by atoms with Gasteiger partial charge < -0.3 is 5.32 Å². The minimum absolute atomic E-state index is 0.0368. The Morgan fingerprint density at radius 2 is 1.89 bits per heavy atom. The Hall–Kier alpha value is -1.76. The lowest BCUT2D eigenvalue weighted by molar-refractivity contribution is 0.874. The number of nitriles is 1. The number of rotatable bonds is 3. The molecule has 19 heavy (non-hydrogen) atoms. The van der Waals surface area contributed by atoms with Crippen LogP contribution in [0.3, 0.4) is 0 Å². The van der Waals surface area contributed by atoms with E-state index in [1.807, 2.05) is 37.3 Å². The molecule has 2 aromatic rings. The topological polar surface area (TPSA) is 48.7 Å². The summed E-state index contributed by atoms with van der Waals surface area (Å²) >= 11 is 11.7. The van der Waals surface area contributed by atoms with Gasteiger partial charge in [0, 0.05) is 11.1 Å². The fourth-order valence-corrected chi connectivity index (χ4v) is 2.03. The zero-order valence-corrected chi connectivity index (χ0v) is 11.7. The van der Waals surface area contributed by atoms with Crippen LogP contribution in [0.1, 0.15) is 24.1 Å². The average molecular weight is 292 g/mol. The van der Waals surface area contributed by atoms with Crippen LogP contribution in [0, 0.1) is 11.3 Å². The predicted molar refractivity (Wildman–Crippen MR) is 77.5 cm³/mol. The fourth-order valence-electron chi connectivity index (χ4n) is 1.69. The van der Waals surface area contributed by atoms with Crippen molar-refractivity contribution in [1.29, 1.82) is 5.26 Å². The molecule has 0 aliphatic rings. The van der Waals surface area contributed by atoms with Crippen molar-refractivity contribution in [1.82, 2.24) is 4.98 Å². The molecular weight excluding hydrogens is 281 g/mol. The van der Waals surface area contributed by atoms with Gasteiger partial charge in [0.05, 0.1) is 11.6 Å². The molecule has 96 valence electrons. The Bertz CT molecular complexity index is 618. The summed E-state index contributed by atoms with van der Waals surface area (Å²) in [5, 5.41) is 13.1. The van der Waals surface area contributed by atoms with Gasteiger partial charge in [-0.15, -0.1) is 0 Å². The van der Waals surface area contributed by atoms with Crippen molar-refractivity contribution in [3.8, 4) is 6.07 Å². The number of hydrogen-bond acceptors (Lipinski definition) is 3. The molecule has 0 aliphatic carbocycles. The van der Waals surface area contributed by atoms with Crippen molar-refractivity contribution in [3.63, 3.8) is 0 Å². The smallest absolute Gasteiger partial charge is 0.132 e. The van der Waals surface area contributed by atoms with E-state index in [9.17, 15) is 0 Å². The molecule has 1 atom stereocenters. The van der Waals surface area contributed by atoms with Crippen LogP contribution < -0.4 is 5.32 Å². The highest BCUT2D eigenvalue weighted by Gasteiger charge is 2.07. The monoisotopic (exact) mass is 291 g/mol. The van der Waals surface area contributed by atoms with E-state index >= 15 is 0 Å². The van der Waals surface area contributed by atoms with E-state index in [2.05, 4.69) is 10.3 Å². The molecular formula is C14H11Cl2N3. The van der Waals surface area contributed by atoms with Crippen molar-refractivity contribution in [2.24, 2.45) is 0 Å². The number of nitrogens with one attached hydrogen (secondary N) is 1. The lowest BCUT2D eigenvalue weighted by atomic mass is 10.1. The normalized spacial score (nSPS) is 11.7. The van der Waals surface area contributed by atoms with Gasteiger partial charge >= 0.3 is 0 Å². The minimum Gasteiger partial charge on any atom is -0.363 e. The Kier molecular flexibility index (Phi) is 4.26. The second-order valence-corrected chi connectivity index (χ2v) is 4.92. The summed E-state index contributed by atoms with van der Waals surface area (Å²) < 4.78 is 0. The maximum Gasteiger partial charge on any atom is 0.132 e. The van der Waals surface area contributed by atoms with E-state index in [1.54, 1.807) is 6.07 Å². The molecule has 0 saturated heterocycles. The molecule has 0 saturated carbocycles. The van der Waals surface area contributed by atoms with Gasteiger partial charge in [0.2, 0.25) is 0 Å². The first-order chi connectivity index (χ1) is 9.08. The maximum atomic E-state index is 8.89. The highest BCUT2D eigenvalue weighted by molar-refractivity contribution is 6.30. The molecule has 0 fully saturated rings. The molecule has 5 heteroatoms. The number of benzene rings is 1. The zero-order valence-electron chi connectivity index (χ0n) is 10.2. The molecule has 2 rings (SSSR count). The third kappa shape index (κ3) is 3.60. The SMILES string of the molecule is CC(Nc1cc(C#N)cc(Cl)n1)c1ccc(Cl)cc1. The lowest BCUT2D eigenvalue weighted by Gasteiger charge is -2.15. The molecule has 1 unspecified atom stereocenters. The number of halogens is 2. The molecule has 1 aromatic carbocycles. The van der Waals surface area contributed by atoms with Gasteiger partial charge in [-0.1, -0.05) is 35.3 Å². The largest absolute Gasteiger partial charge is 0.363 e. The van der Waals surface area contributed by atoms with E-state index in [0.717, 1.165) is 5.56 Å². The van der Waals surface area contributed by atoms with E-state index in [0.29, 0.717) is 21.6 Å². The first-order valence-electron chi connectivity index (χ1n) is 5.68. The average Bonchev–Trinajstić information content (AvgIpc) is 2.38. The number of pyridine rings is 1. The van der Waals surface area contributed by atoms with Crippen LogP contribution in [0.5, 0.6) is 0 Å². The molecule has 0 radical (unpaired) electrons. The summed E-state index contributed by atoms with van der Waals surface area (Å²) in [5.74, 6) is 0.575. The number of aromatic nitrogens is 1. The van der Waals surface area contributed by atoms with Crippen LogP contribution in [-0.4, -0.2) is 4.98 Å². The number of nitrogens with zero attached hydrogens (tertiary/aromatic N) is 2. The first-order valence-corrected chi connectivity index (χ1v) is 6.44. The maximum absolute atomic E-state index is 8.89. The van der Waals surface area contributed by atoms with Gasteiger partial charge in [-0.25, -0.2) is 4.98 Å². The summed E-state index contributed by atoms with van der Waals surface area (Å²) in [6, 6.07) is 12.8. The minimum atomic E-state index is 0.0368. The van der Waals surface area contributed by atoms with Gasteiger partial charge in [-0.05, 0) is 36.8 Å². The zero-order chi connectivity index (χ0) is 13.8. The number of anilines is 1. The molecule has 0 amide bonds. The fraction of sp³-hybridized carbons (Fsp3) is 0.143. The van der Waals surface area contributed by atoms with Crippen LogP contribution in [0.25, 0.3) is 0 Å². The van der Waals surface area contributed by atoms with Gasteiger partial charge in [-0.2, -0.15) is 5.26 Å². The standard InChI is InChI=1S/C14H11Cl2N3/c1-9(11-2-4-12(15)5-3-11)18-14-7-10(8-17)6-13(16)19-14/h2-7,9H,1H3,(H,18,19). The Morgan fingerprint density at radius 3 is 2.53 bits per heavy atom. The Morgan fingerprint density at radius 1 is 1.21 bits per heavy atom. The molecule has 1 aromatic heterocycles. The van der Waals surface area contributed by atoms with Crippen LogP contribution in [0.2, 0.25) is 10.2 Å². The van der Waals surface area contributed by atoms with Crippen LogP contribution >= 0.6 is 23.2 Å². The quantitative estimate of drug-likeness (QED) is 0.851. The van der Waals surface area contributed by atoms with Gasteiger partial charge in [-0.3, -0.25) is 0 Å². The number of hydrogen-bond donors (Lipinski definition) is 1. The molecule has 1 heterocycles. The van der Waals surface area contributed by atoms with E-state index in [1.165, 1.54) is 6.07 Å². The second-order valence-electron chi connectivity index (χ2n) is 4.09. The molecule has 0 aliphatic heterocycles. The Labute approximate surface area is 121 Å². The van der Waals surface area contributed by atoms with Crippen LogP contribution in [-0.2, 0) is 0 Å². The van der Waals surface area contributed by atoms with E-state index in [4.69, 9.17) is 28.5 Å².